The molecule has 30 heavy (non-hydrogen) atoms. The van der Waals surface area contributed by atoms with Crippen LogP contribution in [-0.4, -0.2) is 41.8 Å². The number of ether oxygens (including phenoxy) is 1. The first-order valence-electron chi connectivity index (χ1n) is 11.2. The molecular weight excluding hydrogens is 380 g/mol. The van der Waals surface area contributed by atoms with Crippen LogP contribution < -0.4 is 5.32 Å². The van der Waals surface area contributed by atoms with Gasteiger partial charge in [-0.3, -0.25) is 14.4 Å². The number of carbonyl (C=O) groups excluding carboxylic acids is 3. The highest BCUT2D eigenvalue weighted by molar-refractivity contribution is 5.80. The molecule has 1 N–H and O–H groups in total. The summed E-state index contributed by atoms with van der Waals surface area (Å²) in [6, 6.07) is 9.92. The van der Waals surface area contributed by atoms with E-state index in [1.165, 1.54) is 0 Å². The summed E-state index contributed by atoms with van der Waals surface area (Å²) in [5.41, 5.74) is 0.999. The van der Waals surface area contributed by atoms with Gasteiger partial charge in [-0.15, -0.1) is 0 Å². The Morgan fingerprint density at radius 3 is 2.27 bits per heavy atom. The topological polar surface area (TPSA) is 75.7 Å². The Hall–Kier alpha value is -2.37. The van der Waals surface area contributed by atoms with E-state index in [2.05, 4.69) is 5.32 Å². The van der Waals surface area contributed by atoms with Gasteiger partial charge in [-0.1, -0.05) is 37.3 Å². The minimum absolute atomic E-state index is 0.00483. The molecule has 6 heteroatoms. The molecule has 1 heterocycles. The van der Waals surface area contributed by atoms with Crippen LogP contribution in [0.15, 0.2) is 30.3 Å². The molecule has 1 saturated carbocycles. The summed E-state index contributed by atoms with van der Waals surface area (Å²) < 4.78 is 5.50. The third kappa shape index (κ3) is 6.07. The number of nitrogens with zero attached hydrogens (tertiary/aromatic N) is 1. The number of amides is 2. The Balaban J connectivity index is 1.37. The summed E-state index contributed by atoms with van der Waals surface area (Å²) in [4.78, 5) is 38.3. The molecule has 2 aliphatic rings. The molecule has 2 amide bonds. The van der Waals surface area contributed by atoms with Crippen LogP contribution in [0.2, 0.25) is 0 Å². The monoisotopic (exact) mass is 414 g/mol. The van der Waals surface area contributed by atoms with Gasteiger partial charge in [-0.25, -0.2) is 0 Å². The third-order valence-electron chi connectivity index (χ3n) is 6.73. The van der Waals surface area contributed by atoms with E-state index in [1.807, 2.05) is 42.2 Å². The molecule has 0 bridgehead atoms. The zero-order valence-electron chi connectivity index (χ0n) is 18.1. The van der Waals surface area contributed by atoms with E-state index in [9.17, 15) is 14.4 Å². The van der Waals surface area contributed by atoms with Crippen LogP contribution in [0.3, 0.4) is 0 Å². The summed E-state index contributed by atoms with van der Waals surface area (Å²) in [5, 5.41) is 3.21. The molecule has 1 aliphatic heterocycles. The van der Waals surface area contributed by atoms with Crippen molar-refractivity contribution in [1.29, 1.82) is 0 Å². The number of carbonyl (C=O) groups is 3. The smallest absolute Gasteiger partial charge is 0.309 e. The fourth-order valence-electron chi connectivity index (χ4n) is 4.59. The second-order valence-electron chi connectivity index (χ2n) is 8.78. The molecule has 1 aromatic carbocycles. The van der Waals surface area contributed by atoms with Crippen molar-refractivity contribution < 1.29 is 19.1 Å². The molecule has 0 spiro atoms. The first-order chi connectivity index (χ1) is 14.4. The van der Waals surface area contributed by atoms with Crippen LogP contribution in [0.4, 0.5) is 0 Å². The van der Waals surface area contributed by atoms with E-state index in [0.29, 0.717) is 25.6 Å². The van der Waals surface area contributed by atoms with Crippen LogP contribution in [0.1, 0.15) is 57.9 Å². The maximum atomic E-state index is 12.6. The molecule has 6 nitrogen and oxygen atoms in total. The van der Waals surface area contributed by atoms with Crippen LogP contribution >= 0.6 is 0 Å². The first kappa shape index (κ1) is 22.3. The van der Waals surface area contributed by atoms with Crippen molar-refractivity contribution in [2.45, 2.75) is 65.0 Å². The third-order valence-corrected chi connectivity index (χ3v) is 6.73. The van der Waals surface area contributed by atoms with E-state index in [0.717, 1.165) is 44.1 Å². The number of esters is 1. The maximum Gasteiger partial charge on any atom is 0.309 e. The fourth-order valence-corrected chi connectivity index (χ4v) is 4.59. The predicted molar refractivity (Wildman–Crippen MR) is 114 cm³/mol. The van der Waals surface area contributed by atoms with E-state index >= 15 is 0 Å². The normalized spacial score (nSPS) is 23.5. The number of likely N-dealkylation sites (tertiary alicyclic amines) is 1. The van der Waals surface area contributed by atoms with Gasteiger partial charge in [-0.05, 0) is 50.0 Å². The van der Waals surface area contributed by atoms with Crippen molar-refractivity contribution in [3.05, 3.63) is 35.9 Å². The summed E-state index contributed by atoms with van der Waals surface area (Å²) in [7, 11) is 0. The lowest BCUT2D eigenvalue weighted by Crippen LogP contribution is -2.46. The minimum atomic E-state index is -0.136. The van der Waals surface area contributed by atoms with Crippen molar-refractivity contribution in [1.82, 2.24) is 10.2 Å². The Morgan fingerprint density at radius 1 is 1.03 bits per heavy atom. The van der Waals surface area contributed by atoms with E-state index in [4.69, 9.17) is 4.74 Å². The van der Waals surface area contributed by atoms with Crippen molar-refractivity contribution >= 4 is 17.8 Å². The van der Waals surface area contributed by atoms with Crippen LogP contribution in [0.25, 0.3) is 0 Å². The molecule has 1 atom stereocenters. The zero-order chi connectivity index (χ0) is 21.5. The number of benzene rings is 1. The lowest BCUT2D eigenvalue weighted by atomic mass is 9.78. The highest BCUT2D eigenvalue weighted by Gasteiger charge is 2.32. The number of piperidine rings is 1. The molecule has 0 aromatic heterocycles. The lowest BCUT2D eigenvalue weighted by molar-refractivity contribution is -0.151. The molecule has 1 aliphatic carbocycles. The lowest BCUT2D eigenvalue weighted by Gasteiger charge is -2.34. The highest BCUT2D eigenvalue weighted by atomic mass is 16.5. The number of rotatable bonds is 6. The average molecular weight is 415 g/mol. The second kappa shape index (κ2) is 10.6. The van der Waals surface area contributed by atoms with Crippen molar-refractivity contribution in [3.63, 3.8) is 0 Å². The summed E-state index contributed by atoms with van der Waals surface area (Å²) in [6.45, 7) is 5.19. The summed E-state index contributed by atoms with van der Waals surface area (Å²) in [6.07, 6.45) is 5.14. The standard InChI is InChI=1S/C24H34N2O4/c1-17(24(29)30-16-19-6-4-3-5-7-19)20-8-10-22(11-9-20)25-23(28)21-12-14-26(15-13-21)18(2)27/h3-7,17,20-22H,8-16H2,1-2H3,(H,25,28). The first-order valence-corrected chi connectivity index (χ1v) is 11.2. The van der Waals surface area contributed by atoms with Crippen LogP contribution in [0.5, 0.6) is 0 Å². The quantitative estimate of drug-likeness (QED) is 0.725. The van der Waals surface area contributed by atoms with Crippen LogP contribution in [-0.2, 0) is 25.7 Å². The molecular formula is C24H34N2O4. The van der Waals surface area contributed by atoms with Gasteiger partial charge < -0.3 is 15.0 Å². The van der Waals surface area contributed by atoms with Gasteiger partial charge in [-0.2, -0.15) is 0 Å². The van der Waals surface area contributed by atoms with Gasteiger partial charge in [0.15, 0.2) is 0 Å². The maximum absolute atomic E-state index is 12.6. The molecule has 0 radical (unpaired) electrons. The second-order valence-corrected chi connectivity index (χ2v) is 8.78. The molecule has 2 fully saturated rings. The number of hydrogen-bond donors (Lipinski definition) is 1. The Kier molecular flexibility index (Phi) is 7.88. The SMILES string of the molecule is CC(=O)N1CCC(C(=O)NC2CCC(C(C)C(=O)OCc3ccccc3)CC2)CC1. The highest BCUT2D eigenvalue weighted by Crippen LogP contribution is 2.31. The van der Waals surface area contributed by atoms with E-state index < -0.39 is 0 Å². The predicted octanol–water partition coefficient (Wildman–Crippen LogP) is 3.30. The largest absolute Gasteiger partial charge is 0.461 e. The fraction of sp³-hybridized carbons (Fsp3) is 0.625. The van der Waals surface area contributed by atoms with Crippen LogP contribution in [0, 0.1) is 17.8 Å². The Labute approximate surface area is 179 Å². The van der Waals surface area contributed by atoms with Gasteiger partial charge in [0, 0.05) is 32.0 Å². The molecule has 1 saturated heterocycles. The van der Waals surface area contributed by atoms with Crippen molar-refractivity contribution in [3.8, 4) is 0 Å². The van der Waals surface area contributed by atoms with E-state index in [1.54, 1.807) is 6.92 Å². The van der Waals surface area contributed by atoms with Gasteiger partial charge in [0.05, 0.1) is 5.92 Å². The molecule has 3 rings (SSSR count). The Morgan fingerprint density at radius 2 is 1.67 bits per heavy atom. The Bertz CT molecular complexity index is 720. The molecule has 1 unspecified atom stereocenters. The molecule has 1 aromatic rings. The summed E-state index contributed by atoms with van der Waals surface area (Å²) >= 11 is 0. The average Bonchev–Trinajstić information content (AvgIpc) is 2.78. The summed E-state index contributed by atoms with van der Waals surface area (Å²) in [5.74, 6) is 0.260. The minimum Gasteiger partial charge on any atom is -0.461 e. The number of nitrogens with one attached hydrogen (secondary N) is 1. The zero-order valence-corrected chi connectivity index (χ0v) is 18.1. The van der Waals surface area contributed by atoms with Crippen molar-refractivity contribution in [2.75, 3.05) is 13.1 Å². The van der Waals surface area contributed by atoms with Gasteiger partial charge in [0.2, 0.25) is 11.8 Å². The van der Waals surface area contributed by atoms with Gasteiger partial charge in [0.25, 0.3) is 0 Å². The van der Waals surface area contributed by atoms with Gasteiger partial charge in [0.1, 0.15) is 6.61 Å². The van der Waals surface area contributed by atoms with Gasteiger partial charge >= 0.3 is 5.97 Å². The van der Waals surface area contributed by atoms with Crippen molar-refractivity contribution in [2.24, 2.45) is 17.8 Å². The molecule has 164 valence electrons. The number of hydrogen-bond acceptors (Lipinski definition) is 4. The van der Waals surface area contributed by atoms with E-state index in [-0.39, 0.29) is 35.7 Å².